The van der Waals surface area contributed by atoms with Crippen LogP contribution in [0.1, 0.15) is 47.8 Å². The van der Waals surface area contributed by atoms with Crippen LogP contribution >= 0.6 is 0 Å². The van der Waals surface area contributed by atoms with Crippen LogP contribution in [0.2, 0.25) is 0 Å². The molecular weight excluding hydrogens is 378 g/mol. The van der Waals surface area contributed by atoms with Crippen molar-refractivity contribution in [3.05, 3.63) is 59.2 Å². The highest BCUT2D eigenvalue weighted by atomic mass is 32.2. The lowest BCUT2D eigenvalue weighted by Crippen LogP contribution is -2.29. The maximum atomic E-state index is 13.0. The third kappa shape index (κ3) is 4.52. The Hall–Kier alpha value is -2.42. The molecule has 7 nitrogen and oxygen atoms in total. The zero-order valence-electron chi connectivity index (χ0n) is 16.2. The van der Waals surface area contributed by atoms with Crippen LogP contribution in [0, 0.1) is 6.92 Å². The van der Waals surface area contributed by atoms with E-state index in [1.165, 1.54) is 6.07 Å². The Bertz CT molecular complexity index is 975. The summed E-state index contributed by atoms with van der Waals surface area (Å²) in [7, 11) is -3.81. The highest BCUT2D eigenvalue weighted by molar-refractivity contribution is 7.92. The number of anilines is 1. The fraction of sp³-hybridized carbons (Fsp3) is 0.350. The molecule has 8 heteroatoms. The van der Waals surface area contributed by atoms with E-state index in [9.17, 15) is 13.2 Å². The van der Waals surface area contributed by atoms with Crippen LogP contribution in [-0.4, -0.2) is 27.0 Å². The van der Waals surface area contributed by atoms with Gasteiger partial charge in [-0.3, -0.25) is 15.6 Å². The monoisotopic (exact) mass is 403 g/mol. The number of aryl methyl sites for hydroxylation is 1. The summed E-state index contributed by atoms with van der Waals surface area (Å²) < 4.78 is 33.5. The second-order valence-electron chi connectivity index (χ2n) is 6.91. The molecule has 0 radical (unpaired) electrons. The molecule has 150 valence electrons. The van der Waals surface area contributed by atoms with Gasteiger partial charge in [-0.2, -0.15) is 0 Å². The molecule has 3 N–H and O–H groups in total. The summed E-state index contributed by atoms with van der Waals surface area (Å²) in [6, 6.07) is 12.1. The SMILES string of the molecule is CCOC(=O)c1cccc(NS(=O)(=O)c2cc(C3CC(C)NN3)ccc2C)c1. The first-order chi connectivity index (χ1) is 13.3. The lowest BCUT2D eigenvalue weighted by molar-refractivity contribution is 0.0526. The molecule has 2 aromatic rings. The lowest BCUT2D eigenvalue weighted by Gasteiger charge is -2.15. The minimum atomic E-state index is -3.81. The number of hydrogen-bond donors (Lipinski definition) is 3. The third-order valence-electron chi connectivity index (χ3n) is 4.62. The molecule has 0 aliphatic carbocycles. The quantitative estimate of drug-likeness (QED) is 0.642. The van der Waals surface area contributed by atoms with Crippen LogP contribution in [0.25, 0.3) is 0 Å². The standard InChI is InChI=1S/C20H25N3O4S/c1-4-27-20(24)16-6-5-7-17(11-16)23-28(25,26)19-12-15(9-8-13(19)2)18-10-14(3)21-22-18/h5-9,11-12,14,18,21-23H,4,10H2,1-3H3. The molecule has 1 fully saturated rings. The summed E-state index contributed by atoms with van der Waals surface area (Å²) in [5, 5.41) is 0. The van der Waals surface area contributed by atoms with Gasteiger partial charge in [-0.05, 0) is 62.6 Å². The van der Waals surface area contributed by atoms with Gasteiger partial charge in [-0.1, -0.05) is 18.2 Å². The molecule has 0 saturated carbocycles. The molecule has 0 bridgehead atoms. The van der Waals surface area contributed by atoms with Crippen LogP contribution in [0.5, 0.6) is 0 Å². The van der Waals surface area contributed by atoms with E-state index in [1.807, 2.05) is 12.1 Å². The summed E-state index contributed by atoms with van der Waals surface area (Å²) in [5.41, 5.74) is 8.49. The zero-order valence-corrected chi connectivity index (χ0v) is 17.0. The predicted molar refractivity (Wildman–Crippen MR) is 107 cm³/mol. The van der Waals surface area contributed by atoms with E-state index in [0.717, 1.165) is 12.0 Å². The van der Waals surface area contributed by atoms with Gasteiger partial charge in [0, 0.05) is 17.8 Å². The third-order valence-corrected chi connectivity index (χ3v) is 6.15. The van der Waals surface area contributed by atoms with E-state index in [4.69, 9.17) is 4.74 Å². The molecule has 2 aromatic carbocycles. The minimum absolute atomic E-state index is 0.0525. The smallest absolute Gasteiger partial charge is 0.338 e. The first-order valence-corrected chi connectivity index (χ1v) is 10.7. The van der Waals surface area contributed by atoms with Crippen molar-refractivity contribution in [1.29, 1.82) is 0 Å². The van der Waals surface area contributed by atoms with Gasteiger partial charge in [0.1, 0.15) is 0 Å². The lowest BCUT2D eigenvalue weighted by atomic mass is 10.0. The number of hydrogen-bond acceptors (Lipinski definition) is 6. The number of carbonyl (C=O) groups is 1. The Morgan fingerprint density at radius 3 is 2.68 bits per heavy atom. The molecule has 1 aliphatic heterocycles. The average Bonchev–Trinajstić information content (AvgIpc) is 3.08. The Labute approximate surface area is 165 Å². The van der Waals surface area contributed by atoms with Gasteiger partial charge >= 0.3 is 5.97 Å². The number of carbonyl (C=O) groups excluding carboxylic acids is 1. The summed E-state index contributed by atoms with van der Waals surface area (Å²) in [5.74, 6) is -0.490. The molecule has 1 heterocycles. The van der Waals surface area contributed by atoms with Gasteiger partial charge in [0.25, 0.3) is 10.0 Å². The number of rotatable bonds is 6. The highest BCUT2D eigenvalue weighted by Crippen LogP contribution is 2.27. The van der Waals surface area contributed by atoms with Gasteiger partial charge in [0.2, 0.25) is 0 Å². The van der Waals surface area contributed by atoms with Crippen molar-refractivity contribution in [3.8, 4) is 0 Å². The Morgan fingerprint density at radius 1 is 1.21 bits per heavy atom. The second kappa shape index (κ2) is 8.30. The Balaban J connectivity index is 1.87. The van der Waals surface area contributed by atoms with Crippen molar-refractivity contribution in [3.63, 3.8) is 0 Å². The van der Waals surface area contributed by atoms with Crippen LogP contribution < -0.4 is 15.6 Å². The van der Waals surface area contributed by atoms with E-state index in [-0.39, 0.29) is 17.5 Å². The van der Waals surface area contributed by atoms with Gasteiger partial charge in [-0.25, -0.2) is 13.2 Å². The molecule has 3 rings (SSSR count). The maximum absolute atomic E-state index is 13.0. The molecular formula is C20H25N3O4S. The van der Waals surface area contributed by atoms with Gasteiger partial charge in [0.05, 0.1) is 17.1 Å². The Kier molecular flexibility index (Phi) is 6.02. The minimum Gasteiger partial charge on any atom is -0.462 e. The van der Waals surface area contributed by atoms with Crippen LogP contribution in [-0.2, 0) is 14.8 Å². The highest BCUT2D eigenvalue weighted by Gasteiger charge is 2.25. The topological polar surface area (TPSA) is 96.5 Å². The van der Waals surface area contributed by atoms with Gasteiger partial charge in [-0.15, -0.1) is 0 Å². The fourth-order valence-corrected chi connectivity index (χ4v) is 4.52. The van der Waals surface area contributed by atoms with Crippen molar-refractivity contribution in [2.75, 3.05) is 11.3 Å². The van der Waals surface area contributed by atoms with Gasteiger partial charge in [0.15, 0.2) is 0 Å². The average molecular weight is 404 g/mol. The fourth-order valence-electron chi connectivity index (χ4n) is 3.19. The van der Waals surface area contributed by atoms with E-state index in [2.05, 4.69) is 22.5 Å². The number of benzene rings is 2. The van der Waals surface area contributed by atoms with E-state index < -0.39 is 16.0 Å². The van der Waals surface area contributed by atoms with Crippen molar-refractivity contribution < 1.29 is 17.9 Å². The predicted octanol–water partition coefficient (Wildman–Crippen LogP) is 2.90. The number of sulfonamides is 1. The first-order valence-electron chi connectivity index (χ1n) is 9.21. The van der Waals surface area contributed by atoms with Gasteiger partial charge < -0.3 is 4.74 Å². The molecule has 2 atom stereocenters. The molecule has 1 saturated heterocycles. The zero-order chi connectivity index (χ0) is 20.3. The summed E-state index contributed by atoms with van der Waals surface area (Å²) in [6.45, 7) is 5.80. The van der Waals surface area contributed by atoms with Crippen molar-refractivity contribution >= 4 is 21.7 Å². The molecule has 0 amide bonds. The number of ether oxygens (including phenoxy) is 1. The maximum Gasteiger partial charge on any atom is 0.338 e. The Morgan fingerprint density at radius 2 is 2.00 bits per heavy atom. The van der Waals surface area contributed by atoms with Crippen LogP contribution in [0.15, 0.2) is 47.4 Å². The van der Waals surface area contributed by atoms with Crippen molar-refractivity contribution in [2.45, 2.75) is 44.2 Å². The second-order valence-corrected chi connectivity index (χ2v) is 8.56. The largest absolute Gasteiger partial charge is 0.462 e. The molecule has 2 unspecified atom stereocenters. The number of nitrogens with one attached hydrogen (secondary N) is 3. The van der Waals surface area contributed by atoms with Crippen molar-refractivity contribution in [2.24, 2.45) is 0 Å². The van der Waals surface area contributed by atoms with E-state index in [1.54, 1.807) is 38.1 Å². The molecule has 0 aromatic heterocycles. The number of esters is 1. The molecule has 28 heavy (non-hydrogen) atoms. The van der Waals surface area contributed by atoms with Crippen LogP contribution in [0.4, 0.5) is 5.69 Å². The summed E-state index contributed by atoms with van der Waals surface area (Å²) in [4.78, 5) is 12.1. The normalized spacial score (nSPS) is 19.4. The molecule has 1 aliphatic rings. The van der Waals surface area contributed by atoms with Crippen LogP contribution in [0.3, 0.4) is 0 Å². The number of hydrazine groups is 1. The summed E-state index contributed by atoms with van der Waals surface area (Å²) >= 11 is 0. The molecule has 0 spiro atoms. The summed E-state index contributed by atoms with van der Waals surface area (Å²) in [6.07, 6.45) is 0.873. The van der Waals surface area contributed by atoms with Crippen molar-refractivity contribution in [1.82, 2.24) is 10.9 Å². The van der Waals surface area contributed by atoms with E-state index >= 15 is 0 Å². The first kappa shape index (κ1) is 20.3. The van der Waals surface area contributed by atoms with E-state index in [0.29, 0.717) is 22.9 Å².